The van der Waals surface area contributed by atoms with Gasteiger partial charge in [0.2, 0.25) is 0 Å². The highest BCUT2D eigenvalue weighted by Crippen LogP contribution is 2.35. The summed E-state index contributed by atoms with van der Waals surface area (Å²) in [6.07, 6.45) is 2.72. The Bertz CT molecular complexity index is 1070. The van der Waals surface area contributed by atoms with E-state index in [1.807, 2.05) is 6.92 Å². The Hall–Kier alpha value is -1.81. The van der Waals surface area contributed by atoms with Gasteiger partial charge in [0, 0.05) is 11.4 Å². The summed E-state index contributed by atoms with van der Waals surface area (Å²) in [5.41, 5.74) is 4.10. The summed E-state index contributed by atoms with van der Waals surface area (Å²) in [7, 11) is -3.42. The van der Waals surface area contributed by atoms with E-state index < -0.39 is 21.5 Å². The second-order valence-electron chi connectivity index (χ2n) is 8.23. The van der Waals surface area contributed by atoms with Gasteiger partial charge in [0.05, 0.1) is 11.3 Å². The zero-order chi connectivity index (χ0) is 21.6. The molecular weight excluding hydrogens is 408 g/mol. The molecule has 29 heavy (non-hydrogen) atoms. The molecule has 2 aromatic heterocycles. The molecule has 158 valence electrons. The van der Waals surface area contributed by atoms with E-state index in [2.05, 4.69) is 23.5 Å². The maximum atomic E-state index is 12.9. The number of hydrogen-bond donors (Lipinski definition) is 3. The molecule has 0 fully saturated rings. The number of nitrogens with two attached hydrogens (primary N) is 1. The van der Waals surface area contributed by atoms with Crippen molar-refractivity contribution >= 4 is 33.0 Å². The Balaban J connectivity index is 1.95. The van der Waals surface area contributed by atoms with E-state index in [9.17, 15) is 14.1 Å². The van der Waals surface area contributed by atoms with Gasteiger partial charge in [-0.2, -0.15) is 0 Å². The predicted molar refractivity (Wildman–Crippen MR) is 117 cm³/mol. The molecule has 1 aliphatic carbocycles. The number of aryl methyl sites for hydroxylation is 1. The Morgan fingerprint density at radius 3 is 2.69 bits per heavy atom. The smallest absolute Gasteiger partial charge is 0.354 e. The molecule has 3 rings (SSSR count). The number of nitrogens with zero attached hydrogens (tertiary/aromatic N) is 2. The maximum absolute atomic E-state index is 12.9. The number of thiophene rings is 1. The highest BCUT2D eigenvalue weighted by molar-refractivity contribution is 7.93. The monoisotopic (exact) mass is 436 g/mol. The van der Waals surface area contributed by atoms with Gasteiger partial charge in [-0.15, -0.1) is 15.7 Å². The Morgan fingerprint density at radius 2 is 2.10 bits per heavy atom. The normalized spacial score (nSPS) is 15.9. The predicted octanol–water partition coefficient (Wildman–Crippen LogP) is 4.22. The Morgan fingerprint density at radius 1 is 1.41 bits per heavy atom. The van der Waals surface area contributed by atoms with Gasteiger partial charge in [-0.05, 0) is 74.1 Å². The molecule has 0 saturated heterocycles. The summed E-state index contributed by atoms with van der Waals surface area (Å²) in [6, 6.07) is 0.796. The first-order valence-electron chi connectivity index (χ1n) is 9.59. The molecule has 2 aromatic rings. The van der Waals surface area contributed by atoms with Crippen LogP contribution in [0.2, 0.25) is 0 Å². The number of aromatic nitrogens is 1. The molecule has 0 saturated carbocycles. The fourth-order valence-corrected chi connectivity index (χ4v) is 5.80. The van der Waals surface area contributed by atoms with Crippen LogP contribution >= 0.6 is 11.3 Å². The number of pyridine rings is 1. The van der Waals surface area contributed by atoms with Crippen molar-refractivity contribution in [1.29, 1.82) is 0 Å². The fraction of sp³-hybridized carbons (Fsp3) is 0.500. The summed E-state index contributed by atoms with van der Waals surface area (Å²) >= 11 is 1.12. The lowest BCUT2D eigenvalue weighted by molar-refractivity contribution is 0.0789. The zero-order valence-corrected chi connectivity index (χ0v) is 19.0. The van der Waals surface area contributed by atoms with Crippen LogP contribution in [0.3, 0.4) is 0 Å². The third-order valence-electron chi connectivity index (χ3n) is 5.07. The van der Waals surface area contributed by atoms with Gasteiger partial charge in [0.25, 0.3) is 0 Å². The molecule has 1 atom stereocenters. The molecule has 0 spiro atoms. The van der Waals surface area contributed by atoms with Crippen molar-refractivity contribution in [2.75, 3.05) is 5.32 Å². The van der Waals surface area contributed by atoms with Crippen LogP contribution in [0.1, 0.15) is 68.1 Å². The van der Waals surface area contributed by atoms with Crippen molar-refractivity contribution in [3.8, 4) is 0 Å². The lowest BCUT2D eigenvalue weighted by Crippen LogP contribution is -2.19. The second kappa shape index (κ2) is 7.79. The SMILES string of the molecule is Cc1c(C(C)C)nc2c(c1NC(=O)N=S(N)(=O)c1cc(C(C)(C)O)cs1)CCC2. The summed E-state index contributed by atoms with van der Waals surface area (Å²) < 4.78 is 16.9. The summed E-state index contributed by atoms with van der Waals surface area (Å²) in [5, 5.41) is 20.5. The second-order valence-corrected chi connectivity index (χ2v) is 11.2. The van der Waals surface area contributed by atoms with Crippen molar-refractivity contribution in [3.63, 3.8) is 0 Å². The molecule has 9 heteroatoms. The van der Waals surface area contributed by atoms with Crippen LogP contribution in [0.25, 0.3) is 0 Å². The van der Waals surface area contributed by atoms with Crippen LogP contribution in [0.15, 0.2) is 20.0 Å². The van der Waals surface area contributed by atoms with Gasteiger partial charge < -0.3 is 10.4 Å². The number of carbonyl (C=O) groups is 1. The quantitative estimate of drug-likeness (QED) is 0.665. The lowest BCUT2D eigenvalue weighted by atomic mass is 9.99. The van der Waals surface area contributed by atoms with Crippen molar-refractivity contribution in [2.45, 2.75) is 69.6 Å². The number of rotatable bonds is 4. The topological polar surface area (TPSA) is 118 Å². The standard InChI is InChI=1S/C20H28N4O3S2/c1-11(2)17-12(3)18(14-7-6-8-15(14)22-17)23-19(25)24-29(21,27)16-9-13(10-28-16)20(4,5)26/h9-11,26H,6-8H2,1-5H3,(H3,21,22,23,24,25,27). The van der Waals surface area contributed by atoms with Crippen LogP contribution in [0, 0.1) is 6.92 Å². The molecule has 1 unspecified atom stereocenters. The Kier molecular flexibility index (Phi) is 5.88. The van der Waals surface area contributed by atoms with E-state index in [0.717, 1.165) is 53.1 Å². The number of carbonyl (C=O) groups excluding carboxylic acids is 1. The lowest BCUT2D eigenvalue weighted by Gasteiger charge is -2.18. The van der Waals surface area contributed by atoms with E-state index in [1.165, 1.54) is 6.07 Å². The van der Waals surface area contributed by atoms with Crippen molar-refractivity contribution in [2.24, 2.45) is 9.50 Å². The van der Waals surface area contributed by atoms with Crippen molar-refractivity contribution in [1.82, 2.24) is 4.98 Å². The van der Waals surface area contributed by atoms with Crippen LogP contribution in [0.5, 0.6) is 0 Å². The molecule has 4 N–H and O–H groups in total. The number of aliphatic hydroxyl groups is 1. The van der Waals surface area contributed by atoms with Gasteiger partial charge in [-0.3, -0.25) is 4.98 Å². The summed E-state index contributed by atoms with van der Waals surface area (Å²) in [5.74, 6) is 0.221. The summed E-state index contributed by atoms with van der Waals surface area (Å²) in [6.45, 7) is 9.32. The minimum absolute atomic E-state index is 0.221. The van der Waals surface area contributed by atoms with E-state index in [1.54, 1.807) is 19.2 Å². The van der Waals surface area contributed by atoms with Gasteiger partial charge in [-0.1, -0.05) is 13.8 Å². The minimum atomic E-state index is -3.42. The highest BCUT2D eigenvalue weighted by atomic mass is 32.2. The van der Waals surface area contributed by atoms with Crippen LogP contribution in [0.4, 0.5) is 10.5 Å². The third kappa shape index (κ3) is 4.53. The largest absolute Gasteiger partial charge is 0.386 e. The van der Waals surface area contributed by atoms with Crippen molar-refractivity contribution in [3.05, 3.63) is 39.5 Å². The molecule has 2 heterocycles. The molecule has 0 aromatic carbocycles. The molecule has 7 nitrogen and oxygen atoms in total. The zero-order valence-electron chi connectivity index (χ0n) is 17.4. The summed E-state index contributed by atoms with van der Waals surface area (Å²) in [4.78, 5) is 17.4. The van der Waals surface area contributed by atoms with Gasteiger partial charge in [0.1, 0.15) is 4.21 Å². The van der Waals surface area contributed by atoms with E-state index in [0.29, 0.717) is 11.3 Å². The average Bonchev–Trinajstić information content (AvgIpc) is 3.25. The molecule has 0 bridgehead atoms. The first kappa shape index (κ1) is 21.9. The van der Waals surface area contributed by atoms with Crippen LogP contribution < -0.4 is 10.5 Å². The van der Waals surface area contributed by atoms with E-state index in [4.69, 9.17) is 10.1 Å². The van der Waals surface area contributed by atoms with E-state index in [-0.39, 0.29) is 10.1 Å². The van der Waals surface area contributed by atoms with Crippen LogP contribution in [-0.4, -0.2) is 20.3 Å². The number of fused-ring (bicyclic) bond motifs is 1. The average molecular weight is 437 g/mol. The third-order valence-corrected chi connectivity index (χ3v) is 7.93. The first-order valence-corrected chi connectivity index (χ1v) is 12.1. The number of amides is 2. The van der Waals surface area contributed by atoms with Gasteiger partial charge in [-0.25, -0.2) is 14.1 Å². The first-order chi connectivity index (χ1) is 13.4. The fourth-order valence-electron chi connectivity index (χ4n) is 3.52. The van der Waals surface area contributed by atoms with Gasteiger partial charge in [0.15, 0.2) is 9.92 Å². The maximum Gasteiger partial charge on any atom is 0.354 e. The minimum Gasteiger partial charge on any atom is -0.386 e. The van der Waals surface area contributed by atoms with Gasteiger partial charge >= 0.3 is 6.03 Å². The highest BCUT2D eigenvalue weighted by Gasteiger charge is 2.25. The molecule has 0 radical (unpaired) electrons. The number of urea groups is 1. The number of anilines is 1. The number of hydrogen-bond acceptors (Lipinski definition) is 5. The number of nitrogens with one attached hydrogen (secondary N) is 1. The molecule has 2 amide bonds. The molecule has 0 aliphatic heterocycles. The molecule has 1 aliphatic rings. The Labute approximate surface area is 176 Å². The van der Waals surface area contributed by atoms with E-state index >= 15 is 0 Å². The van der Waals surface area contributed by atoms with Crippen molar-refractivity contribution < 1.29 is 14.1 Å². The molecular formula is C20H28N4O3S2. The van der Waals surface area contributed by atoms with Crippen LogP contribution in [-0.2, 0) is 28.4 Å².